The number of aromatic amines is 1. The summed E-state index contributed by atoms with van der Waals surface area (Å²) >= 11 is 0. The molecule has 1 aliphatic rings. The lowest BCUT2D eigenvalue weighted by Crippen LogP contribution is -2.37. The maximum atomic E-state index is 12.5. The fourth-order valence-electron chi connectivity index (χ4n) is 3.20. The molecule has 6 nitrogen and oxygen atoms in total. The first-order chi connectivity index (χ1) is 12.7. The van der Waals surface area contributed by atoms with Crippen molar-refractivity contribution in [3.05, 3.63) is 60.4 Å². The zero-order chi connectivity index (χ0) is 17.9. The number of pyridine rings is 1. The van der Waals surface area contributed by atoms with Crippen LogP contribution in [0.15, 0.2) is 54.9 Å². The maximum Gasteiger partial charge on any atom is 0.322 e. The van der Waals surface area contributed by atoms with E-state index in [-0.39, 0.29) is 6.03 Å². The third-order valence-corrected chi connectivity index (χ3v) is 4.63. The summed E-state index contributed by atoms with van der Waals surface area (Å²) in [4.78, 5) is 21.8. The Morgan fingerprint density at radius 2 is 2.12 bits per heavy atom. The Bertz CT molecular complexity index is 959. The van der Waals surface area contributed by atoms with Crippen LogP contribution in [0.3, 0.4) is 0 Å². The third-order valence-electron chi connectivity index (χ3n) is 4.63. The summed E-state index contributed by atoms with van der Waals surface area (Å²) in [5, 5.41) is 4.05. The van der Waals surface area contributed by atoms with Gasteiger partial charge in [-0.3, -0.25) is 0 Å². The third kappa shape index (κ3) is 3.13. The Morgan fingerprint density at radius 1 is 1.27 bits per heavy atom. The van der Waals surface area contributed by atoms with Gasteiger partial charge in [0.05, 0.1) is 7.11 Å². The van der Waals surface area contributed by atoms with Crippen molar-refractivity contribution < 1.29 is 9.53 Å². The molecule has 0 spiro atoms. The molecular formula is C20H20N4O2. The molecule has 0 fully saturated rings. The lowest BCUT2D eigenvalue weighted by molar-refractivity contribution is 0.217. The van der Waals surface area contributed by atoms with Gasteiger partial charge in [-0.15, -0.1) is 0 Å². The van der Waals surface area contributed by atoms with E-state index in [4.69, 9.17) is 4.74 Å². The van der Waals surface area contributed by atoms with Crippen LogP contribution >= 0.6 is 0 Å². The Morgan fingerprint density at radius 3 is 2.85 bits per heavy atom. The van der Waals surface area contributed by atoms with E-state index in [2.05, 4.69) is 27.4 Å². The molecule has 1 aliphatic heterocycles. The molecule has 0 atom stereocenters. The number of nitrogens with one attached hydrogen (secondary N) is 2. The van der Waals surface area contributed by atoms with Crippen LogP contribution in [-0.4, -0.2) is 41.1 Å². The molecule has 2 amide bonds. The predicted octanol–water partition coefficient (Wildman–Crippen LogP) is 3.89. The molecule has 6 heteroatoms. The Hall–Kier alpha value is -3.28. The number of H-pyrrole nitrogens is 1. The van der Waals surface area contributed by atoms with E-state index in [1.165, 1.54) is 11.1 Å². The first kappa shape index (κ1) is 16.2. The number of amides is 2. The summed E-state index contributed by atoms with van der Waals surface area (Å²) in [5.41, 5.74) is 4.07. The largest absolute Gasteiger partial charge is 0.497 e. The topological polar surface area (TPSA) is 70.2 Å². The summed E-state index contributed by atoms with van der Waals surface area (Å²) in [6.45, 7) is 1.27. The number of hydrogen-bond donors (Lipinski definition) is 2. The number of ether oxygens (including phenoxy) is 1. The number of anilines is 1. The number of carbonyl (C=O) groups is 1. The second kappa shape index (κ2) is 6.92. The number of hydrogen-bond acceptors (Lipinski definition) is 3. The van der Waals surface area contributed by atoms with Gasteiger partial charge in [-0.05, 0) is 48.4 Å². The quantitative estimate of drug-likeness (QED) is 0.754. The minimum Gasteiger partial charge on any atom is -0.497 e. The van der Waals surface area contributed by atoms with E-state index in [0.29, 0.717) is 13.1 Å². The molecule has 0 saturated carbocycles. The minimum atomic E-state index is -0.0916. The summed E-state index contributed by atoms with van der Waals surface area (Å²) in [6.07, 6.45) is 6.71. The van der Waals surface area contributed by atoms with Crippen molar-refractivity contribution in [1.29, 1.82) is 0 Å². The van der Waals surface area contributed by atoms with Gasteiger partial charge in [-0.1, -0.05) is 6.08 Å². The van der Waals surface area contributed by atoms with E-state index in [9.17, 15) is 4.79 Å². The second-order valence-corrected chi connectivity index (χ2v) is 6.19. The monoisotopic (exact) mass is 348 g/mol. The zero-order valence-corrected chi connectivity index (χ0v) is 14.5. The van der Waals surface area contributed by atoms with E-state index in [0.717, 1.165) is 28.9 Å². The zero-order valence-electron chi connectivity index (χ0n) is 14.5. The number of aromatic nitrogens is 2. The van der Waals surface area contributed by atoms with Gasteiger partial charge >= 0.3 is 6.03 Å². The van der Waals surface area contributed by atoms with Crippen molar-refractivity contribution >= 4 is 28.3 Å². The van der Waals surface area contributed by atoms with Crippen LogP contribution < -0.4 is 10.1 Å². The van der Waals surface area contributed by atoms with Crippen molar-refractivity contribution in [2.45, 2.75) is 6.42 Å². The smallest absolute Gasteiger partial charge is 0.322 e. The lowest BCUT2D eigenvalue weighted by atomic mass is 10.00. The first-order valence-corrected chi connectivity index (χ1v) is 8.56. The van der Waals surface area contributed by atoms with Crippen molar-refractivity contribution in [2.75, 3.05) is 25.5 Å². The van der Waals surface area contributed by atoms with Gasteiger partial charge in [-0.2, -0.15) is 0 Å². The molecule has 0 bridgehead atoms. The van der Waals surface area contributed by atoms with Gasteiger partial charge in [0.1, 0.15) is 11.4 Å². The number of rotatable bonds is 3. The highest BCUT2D eigenvalue weighted by molar-refractivity contribution is 5.92. The number of nitrogens with zero attached hydrogens (tertiary/aromatic N) is 2. The molecule has 4 rings (SSSR count). The average molecular weight is 348 g/mol. The van der Waals surface area contributed by atoms with Crippen molar-refractivity contribution in [3.8, 4) is 5.75 Å². The lowest BCUT2D eigenvalue weighted by Gasteiger charge is -2.26. The Balaban J connectivity index is 1.44. The van der Waals surface area contributed by atoms with Crippen LogP contribution in [0.4, 0.5) is 10.5 Å². The van der Waals surface area contributed by atoms with Gasteiger partial charge < -0.3 is 19.9 Å². The van der Waals surface area contributed by atoms with Crippen LogP contribution in [0.25, 0.3) is 16.6 Å². The van der Waals surface area contributed by atoms with E-state index >= 15 is 0 Å². The number of urea groups is 1. The molecule has 0 unspecified atom stereocenters. The van der Waals surface area contributed by atoms with Crippen LogP contribution in [0.1, 0.15) is 12.0 Å². The van der Waals surface area contributed by atoms with Gasteiger partial charge in [0, 0.05) is 42.1 Å². The molecule has 0 saturated heterocycles. The van der Waals surface area contributed by atoms with Gasteiger partial charge in [-0.25, -0.2) is 9.78 Å². The highest BCUT2D eigenvalue weighted by Gasteiger charge is 2.19. The molecule has 3 heterocycles. The first-order valence-electron chi connectivity index (χ1n) is 8.56. The van der Waals surface area contributed by atoms with Crippen molar-refractivity contribution in [2.24, 2.45) is 0 Å². The van der Waals surface area contributed by atoms with Crippen LogP contribution in [-0.2, 0) is 0 Å². The standard InChI is InChI=1S/C20H20N4O2/c1-26-16-6-4-15(5-7-16)23-20(25)24-11-8-14(9-12-24)18-13-22-19-17(18)3-2-10-21-19/h2-8,10,13H,9,11-12H2,1H3,(H,21,22)(H,23,25). The van der Waals surface area contributed by atoms with Crippen molar-refractivity contribution in [1.82, 2.24) is 14.9 Å². The minimum absolute atomic E-state index is 0.0916. The number of carbonyl (C=O) groups excluding carboxylic acids is 1. The van der Waals surface area contributed by atoms with Crippen LogP contribution in [0, 0.1) is 0 Å². The van der Waals surface area contributed by atoms with Crippen LogP contribution in [0.5, 0.6) is 5.75 Å². The summed E-state index contributed by atoms with van der Waals surface area (Å²) in [5.74, 6) is 0.766. The summed E-state index contributed by atoms with van der Waals surface area (Å²) in [7, 11) is 1.62. The highest BCUT2D eigenvalue weighted by Crippen LogP contribution is 2.28. The number of benzene rings is 1. The van der Waals surface area contributed by atoms with Gasteiger partial charge in [0.25, 0.3) is 0 Å². The maximum absolute atomic E-state index is 12.5. The molecule has 2 N–H and O–H groups in total. The Labute approximate surface area is 151 Å². The SMILES string of the molecule is COc1ccc(NC(=O)N2CC=C(c3c[nH]c4ncccc34)CC2)cc1. The molecule has 132 valence electrons. The number of methoxy groups -OCH3 is 1. The molecule has 0 aliphatic carbocycles. The summed E-state index contributed by atoms with van der Waals surface area (Å²) in [6, 6.07) is 11.2. The molecule has 26 heavy (non-hydrogen) atoms. The molecule has 0 radical (unpaired) electrons. The van der Waals surface area contributed by atoms with E-state index in [1.54, 1.807) is 18.2 Å². The molecule has 1 aromatic carbocycles. The molecule has 2 aromatic heterocycles. The fraction of sp³-hybridized carbons (Fsp3) is 0.200. The second-order valence-electron chi connectivity index (χ2n) is 6.19. The predicted molar refractivity (Wildman–Crippen MR) is 102 cm³/mol. The van der Waals surface area contributed by atoms with Crippen LogP contribution in [0.2, 0.25) is 0 Å². The number of fused-ring (bicyclic) bond motifs is 1. The fourth-order valence-corrected chi connectivity index (χ4v) is 3.20. The van der Waals surface area contributed by atoms with Gasteiger partial charge in [0.15, 0.2) is 0 Å². The van der Waals surface area contributed by atoms with E-state index in [1.807, 2.05) is 36.5 Å². The highest BCUT2D eigenvalue weighted by atomic mass is 16.5. The summed E-state index contributed by atoms with van der Waals surface area (Å²) < 4.78 is 5.13. The Kier molecular flexibility index (Phi) is 4.31. The van der Waals surface area contributed by atoms with E-state index < -0.39 is 0 Å². The molecule has 3 aromatic rings. The molecular weight excluding hydrogens is 328 g/mol. The normalized spacial score (nSPS) is 14.2. The van der Waals surface area contributed by atoms with Crippen molar-refractivity contribution in [3.63, 3.8) is 0 Å². The van der Waals surface area contributed by atoms with Gasteiger partial charge in [0.2, 0.25) is 0 Å². The average Bonchev–Trinajstić information content (AvgIpc) is 3.13.